The molecule has 2 heterocycles. The van der Waals surface area contributed by atoms with Crippen molar-refractivity contribution in [2.45, 2.75) is 89.8 Å². The molecule has 0 radical (unpaired) electrons. The molecule has 0 aliphatic carbocycles. The van der Waals surface area contributed by atoms with Gasteiger partial charge in [0, 0.05) is 10.0 Å². The van der Waals surface area contributed by atoms with Gasteiger partial charge in [0.1, 0.15) is 37.5 Å². The van der Waals surface area contributed by atoms with Gasteiger partial charge in [0.25, 0.3) is 0 Å². The molecular formula is C36H40Cl2N2O6. The quantitative estimate of drug-likeness (QED) is 0.289. The number of ketones is 2. The van der Waals surface area contributed by atoms with Crippen molar-refractivity contribution in [3.63, 3.8) is 0 Å². The second-order valence-electron chi connectivity index (χ2n) is 11.2. The van der Waals surface area contributed by atoms with E-state index < -0.39 is 36.4 Å². The number of ether oxygens (including phenoxy) is 2. The average molecular weight is 668 g/mol. The fraction of sp³-hybridized carbons (Fsp3) is 0.444. The summed E-state index contributed by atoms with van der Waals surface area (Å²) in [7, 11) is 0. The lowest BCUT2D eigenvalue weighted by Gasteiger charge is -2.42. The Hall–Kier alpha value is -3.66. The monoisotopic (exact) mass is 666 g/mol. The summed E-state index contributed by atoms with van der Waals surface area (Å²) in [5.41, 5.74) is 1.68. The van der Waals surface area contributed by atoms with E-state index in [-0.39, 0.29) is 36.6 Å². The molecule has 0 aromatic heterocycles. The Labute approximate surface area is 281 Å². The SMILES string of the molecule is C#C[C@@H]1[C@H](c2ccc(Cl)cc2)OCC(=O)N1[C@H](CCC)C(C)=O.C#C[C@H]1[C@@H](c2ccc(Cl)cc2)OCC(=O)N1[C@@H](CCC)C(C)=O. The lowest BCUT2D eigenvalue weighted by atomic mass is 9.95. The number of carbonyl (C=O) groups excluding carboxylic acids is 4. The van der Waals surface area contributed by atoms with Crippen molar-refractivity contribution in [1.29, 1.82) is 0 Å². The topological polar surface area (TPSA) is 93.2 Å². The van der Waals surface area contributed by atoms with Crippen LogP contribution < -0.4 is 0 Å². The van der Waals surface area contributed by atoms with Gasteiger partial charge in [0.15, 0.2) is 11.6 Å². The lowest BCUT2D eigenvalue weighted by molar-refractivity contribution is -0.161. The van der Waals surface area contributed by atoms with Crippen LogP contribution in [-0.4, -0.2) is 70.6 Å². The third kappa shape index (κ3) is 8.78. The molecule has 2 saturated heterocycles. The maximum Gasteiger partial charge on any atom is 0.250 e. The Kier molecular flexibility index (Phi) is 13.9. The fourth-order valence-corrected chi connectivity index (χ4v) is 6.06. The van der Waals surface area contributed by atoms with Crippen molar-refractivity contribution in [2.24, 2.45) is 0 Å². The Bertz CT molecular complexity index is 1350. The second kappa shape index (κ2) is 17.3. The van der Waals surface area contributed by atoms with Crippen molar-refractivity contribution < 1.29 is 28.7 Å². The summed E-state index contributed by atoms with van der Waals surface area (Å²) in [6.07, 6.45) is 13.2. The van der Waals surface area contributed by atoms with Crippen LogP contribution in [0.2, 0.25) is 10.0 Å². The van der Waals surface area contributed by atoms with E-state index in [1.54, 1.807) is 24.3 Å². The number of hydrogen-bond donors (Lipinski definition) is 0. The van der Waals surface area contributed by atoms with E-state index in [9.17, 15) is 19.2 Å². The summed E-state index contributed by atoms with van der Waals surface area (Å²) >= 11 is 11.8. The Morgan fingerprint density at radius 2 is 1.07 bits per heavy atom. The summed E-state index contributed by atoms with van der Waals surface area (Å²) in [5, 5.41) is 1.23. The molecule has 10 heteroatoms. The molecule has 6 atom stereocenters. The van der Waals surface area contributed by atoms with Crippen LogP contribution in [0.25, 0.3) is 0 Å². The van der Waals surface area contributed by atoms with E-state index >= 15 is 0 Å². The molecule has 0 unspecified atom stereocenters. The van der Waals surface area contributed by atoms with Gasteiger partial charge in [0.05, 0.1) is 12.1 Å². The molecule has 0 N–H and O–H groups in total. The van der Waals surface area contributed by atoms with Gasteiger partial charge >= 0.3 is 0 Å². The standard InChI is InChI=1S/2C18H20ClNO3/c2*1-4-6-16(12(3)21)20-15(5-2)18(23-11-17(20)22)13-7-9-14(19)10-8-13/h2*2,7-10,15-16,18H,4,6,11H2,1,3H3/t2*15-,16-,18+/m10/s1. The van der Waals surface area contributed by atoms with Crippen LogP contribution in [0.3, 0.4) is 0 Å². The third-order valence-corrected chi connectivity index (χ3v) is 8.50. The highest BCUT2D eigenvalue weighted by Gasteiger charge is 2.42. The molecule has 244 valence electrons. The van der Waals surface area contributed by atoms with E-state index in [2.05, 4.69) is 11.8 Å². The first-order valence-electron chi connectivity index (χ1n) is 15.3. The van der Waals surface area contributed by atoms with Crippen molar-refractivity contribution in [3.05, 3.63) is 69.7 Å². The molecule has 0 saturated carbocycles. The molecule has 8 nitrogen and oxygen atoms in total. The van der Waals surface area contributed by atoms with Crippen LogP contribution in [0.4, 0.5) is 0 Å². The molecule has 2 aliphatic heterocycles. The maximum atomic E-state index is 12.3. The number of halogens is 2. The first-order valence-corrected chi connectivity index (χ1v) is 16.0. The largest absolute Gasteiger partial charge is 0.360 e. The molecule has 2 aromatic carbocycles. The van der Waals surface area contributed by atoms with Crippen LogP contribution in [0.15, 0.2) is 48.5 Å². The smallest absolute Gasteiger partial charge is 0.250 e. The van der Waals surface area contributed by atoms with Gasteiger partial charge in [-0.25, -0.2) is 0 Å². The normalized spacial score (nSPS) is 22.5. The van der Waals surface area contributed by atoms with Gasteiger partial charge in [-0.2, -0.15) is 0 Å². The number of morpholine rings is 2. The van der Waals surface area contributed by atoms with E-state index in [1.807, 2.05) is 38.1 Å². The minimum Gasteiger partial charge on any atom is -0.360 e. The number of terminal acetylenes is 2. The van der Waals surface area contributed by atoms with Crippen LogP contribution >= 0.6 is 23.2 Å². The van der Waals surface area contributed by atoms with Gasteiger partial charge in [-0.05, 0) is 62.1 Å². The maximum absolute atomic E-state index is 12.3. The van der Waals surface area contributed by atoms with Gasteiger partial charge in [-0.15, -0.1) is 12.8 Å². The van der Waals surface area contributed by atoms with E-state index in [0.717, 1.165) is 24.0 Å². The van der Waals surface area contributed by atoms with Crippen LogP contribution in [0.1, 0.15) is 76.7 Å². The van der Waals surface area contributed by atoms with Gasteiger partial charge in [-0.1, -0.05) is 86.0 Å². The molecule has 0 bridgehead atoms. The van der Waals surface area contributed by atoms with Crippen LogP contribution in [0.5, 0.6) is 0 Å². The number of nitrogens with zero attached hydrogens (tertiary/aromatic N) is 2. The predicted molar refractivity (Wildman–Crippen MR) is 178 cm³/mol. The molecule has 46 heavy (non-hydrogen) atoms. The highest BCUT2D eigenvalue weighted by atomic mass is 35.5. The number of Topliss-reactive ketones (excluding diaryl/α,β-unsaturated/α-hetero) is 2. The molecule has 0 spiro atoms. The number of carbonyl (C=O) groups is 4. The van der Waals surface area contributed by atoms with E-state index in [4.69, 9.17) is 45.5 Å². The highest BCUT2D eigenvalue weighted by molar-refractivity contribution is 6.30. The Balaban J connectivity index is 0.000000250. The Morgan fingerprint density at radius 3 is 1.33 bits per heavy atom. The highest BCUT2D eigenvalue weighted by Crippen LogP contribution is 2.33. The van der Waals surface area contributed by atoms with E-state index in [1.165, 1.54) is 23.6 Å². The zero-order valence-electron chi connectivity index (χ0n) is 26.6. The second-order valence-corrected chi connectivity index (χ2v) is 12.1. The van der Waals surface area contributed by atoms with Crippen molar-refractivity contribution in [3.8, 4) is 24.7 Å². The first kappa shape index (κ1) is 36.8. The summed E-state index contributed by atoms with van der Waals surface area (Å²) in [6, 6.07) is 12.1. The minimum absolute atomic E-state index is 0.0581. The average Bonchev–Trinajstić information content (AvgIpc) is 3.03. The predicted octanol–water partition coefficient (Wildman–Crippen LogP) is 6.00. The van der Waals surface area contributed by atoms with Gasteiger partial charge in [0.2, 0.25) is 11.8 Å². The number of hydrogen-bond acceptors (Lipinski definition) is 6. The van der Waals surface area contributed by atoms with Gasteiger partial charge in [-0.3, -0.25) is 19.2 Å². The van der Waals surface area contributed by atoms with Gasteiger partial charge < -0.3 is 19.3 Å². The summed E-state index contributed by atoms with van der Waals surface area (Å²) < 4.78 is 11.3. The minimum atomic E-state index is -0.613. The van der Waals surface area contributed by atoms with E-state index in [0.29, 0.717) is 22.9 Å². The number of rotatable bonds is 10. The first-order chi connectivity index (χ1) is 22.0. The van der Waals surface area contributed by atoms with Crippen molar-refractivity contribution >= 4 is 46.6 Å². The molecule has 2 aromatic rings. The summed E-state index contributed by atoms with van der Waals surface area (Å²) in [4.78, 5) is 51.8. The fourth-order valence-electron chi connectivity index (χ4n) is 5.81. The lowest BCUT2D eigenvalue weighted by Crippen LogP contribution is -2.56. The van der Waals surface area contributed by atoms with Crippen LogP contribution in [-0.2, 0) is 28.7 Å². The molecular weight excluding hydrogens is 627 g/mol. The summed E-state index contributed by atoms with van der Waals surface area (Å²) in [6.45, 7) is 6.77. The zero-order valence-corrected chi connectivity index (χ0v) is 28.1. The number of amides is 2. The van der Waals surface area contributed by atoms with Crippen LogP contribution in [0, 0.1) is 24.7 Å². The number of benzene rings is 2. The molecule has 4 rings (SSSR count). The Morgan fingerprint density at radius 1 is 0.739 bits per heavy atom. The molecule has 2 aliphatic rings. The van der Waals surface area contributed by atoms with Crippen molar-refractivity contribution in [2.75, 3.05) is 13.2 Å². The van der Waals surface area contributed by atoms with Crippen molar-refractivity contribution in [1.82, 2.24) is 9.80 Å². The third-order valence-electron chi connectivity index (χ3n) is 7.99. The molecule has 2 fully saturated rings. The summed E-state index contributed by atoms with van der Waals surface area (Å²) in [5.74, 6) is 4.67. The molecule has 2 amide bonds. The zero-order chi connectivity index (χ0) is 34.0.